The lowest BCUT2D eigenvalue weighted by Crippen LogP contribution is -2.21. The van der Waals surface area contributed by atoms with Crippen LogP contribution < -0.4 is 11.3 Å². The molecule has 1 aliphatic heterocycles. The first-order valence-electron chi connectivity index (χ1n) is 7.74. The van der Waals surface area contributed by atoms with Gasteiger partial charge in [0.1, 0.15) is 5.82 Å². The van der Waals surface area contributed by atoms with Gasteiger partial charge in [0, 0.05) is 12.1 Å². The number of carbonyl (C=O) groups is 1. The molecule has 24 heavy (non-hydrogen) atoms. The van der Waals surface area contributed by atoms with E-state index in [1.165, 1.54) is 6.07 Å². The molecule has 1 aromatic heterocycles. The molecular weight excluding hydrogens is 302 g/mol. The van der Waals surface area contributed by atoms with Gasteiger partial charge in [-0.15, -0.1) is 0 Å². The summed E-state index contributed by atoms with van der Waals surface area (Å²) in [6.07, 6.45) is 2.82. The van der Waals surface area contributed by atoms with E-state index in [1.807, 2.05) is 30.3 Å². The van der Waals surface area contributed by atoms with E-state index in [2.05, 4.69) is 11.1 Å². The number of primary amides is 1. The van der Waals surface area contributed by atoms with E-state index >= 15 is 0 Å². The molecule has 2 aromatic carbocycles. The summed E-state index contributed by atoms with van der Waals surface area (Å²) in [4.78, 5) is 28.7. The third kappa shape index (κ3) is 2.31. The summed E-state index contributed by atoms with van der Waals surface area (Å²) >= 11 is 0. The van der Waals surface area contributed by atoms with E-state index in [4.69, 9.17) is 5.73 Å². The Morgan fingerprint density at radius 2 is 1.96 bits per heavy atom. The van der Waals surface area contributed by atoms with Gasteiger partial charge in [-0.2, -0.15) is 0 Å². The molecule has 5 nitrogen and oxygen atoms in total. The van der Waals surface area contributed by atoms with Crippen LogP contribution in [0.3, 0.4) is 0 Å². The van der Waals surface area contributed by atoms with Gasteiger partial charge in [0.15, 0.2) is 0 Å². The quantitative estimate of drug-likeness (QED) is 0.788. The average molecular weight is 317 g/mol. The number of hydrogen-bond acceptors (Lipinski definition) is 3. The molecule has 0 atom stereocenters. The molecule has 1 aliphatic rings. The lowest BCUT2D eigenvalue weighted by Gasteiger charge is -2.06. The molecule has 2 heterocycles. The van der Waals surface area contributed by atoms with Gasteiger partial charge in [0.25, 0.3) is 5.56 Å². The van der Waals surface area contributed by atoms with Crippen LogP contribution in [-0.2, 0) is 6.54 Å². The Balaban J connectivity index is 1.90. The molecule has 0 unspecified atom stereocenters. The fourth-order valence-electron chi connectivity index (χ4n) is 3.06. The SMILES string of the molecule is NC(=O)c1ccc2nc3n(c(=O)c2c1)CC/C3=C\c1ccccc1. The predicted molar refractivity (Wildman–Crippen MR) is 93.5 cm³/mol. The maximum absolute atomic E-state index is 12.7. The van der Waals surface area contributed by atoms with Crippen molar-refractivity contribution in [3.63, 3.8) is 0 Å². The molecule has 0 radical (unpaired) electrons. The number of allylic oxidation sites excluding steroid dienone is 1. The largest absolute Gasteiger partial charge is 0.366 e. The Bertz CT molecular complexity index is 1050. The van der Waals surface area contributed by atoms with Gasteiger partial charge in [0.2, 0.25) is 5.91 Å². The van der Waals surface area contributed by atoms with E-state index in [0.29, 0.717) is 28.8 Å². The summed E-state index contributed by atoms with van der Waals surface area (Å²) in [6, 6.07) is 14.8. The molecule has 5 heteroatoms. The van der Waals surface area contributed by atoms with Gasteiger partial charge >= 0.3 is 0 Å². The second-order valence-corrected chi connectivity index (χ2v) is 5.82. The molecule has 118 valence electrons. The van der Waals surface area contributed by atoms with Crippen molar-refractivity contribution in [3.8, 4) is 0 Å². The van der Waals surface area contributed by atoms with Crippen LogP contribution >= 0.6 is 0 Å². The summed E-state index contributed by atoms with van der Waals surface area (Å²) in [6.45, 7) is 0.594. The monoisotopic (exact) mass is 317 g/mol. The van der Waals surface area contributed by atoms with Crippen LogP contribution in [0.4, 0.5) is 0 Å². The highest BCUT2D eigenvalue weighted by molar-refractivity contribution is 5.97. The Morgan fingerprint density at radius 1 is 1.17 bits per heavy atom. The number of benzene rings is 2. The number of nitrogens with two attached hydrogens (primary N) is 1. The van der Waals surface area contributed by atoms with Gasteiger partial charge in [-0.3, -0.25) is 14.2 Å². The van der Waals surface area contributed by atoms with Crippen LogP contribution in [0.5, 0.6) is 0 Å². The first kappa shape index (κ1) is 14.4. The zero-order valence-electron chi connectivity index (χ0n) is 12.9. The Labute approximate surface area is 138 Å². The third-order valence-electron chi connectivity index (χ3n) is 4.27. The lowest BCUT2D eigenvalue weighted by molar-refractivity contribution is 0.100. The maximum Gasteiger partial charge on any atom is 0.261 e. The minimum atomic E-state index is -0.550. The summed E-state index contributed by atoms with van der Waals surface area (Å²) in [5.74, 6) is 0.148. The van der Waals surface area contributed by atoms with Gasteiger partial charge in [0.05, 0.1) is 10.9 Å². The lowest BCUT2D eigenvalue weighted by atomic mass is 10.1. The molecule has 0 fully saturated rings. The summed E-state index contributed by atoms with van der Waals surface area (Å²) in [7, 11) is 0. The highest BCUT2D eigenvalue weighted by Gasteiger charge is 2.21. The van der Waals surface area contributed by atoms with E-state index in [9.17, 15) is 9.59 Å². The number of amides is 1. The second-order valence-electron chi connectivity index (χ2n) is 5.82. The number of aromatic nitrogens is 2. The van der Waals surface area contributed by atoms with Crippen molar-refractivity contribution in [2.75, 3.05) is 0 Å². The Kier molecular flexibility index (Phi) is 3.27. The fourth-order valence-corrected chi connectivity index (χ4v) is 3.06. The predicted octanol–water partition coefficient (Wildman–Crippen LogP) is 2.44. The van der Waals surface area contributed by atoms with Gasteiger partial charge in [-0.25, -0.2) is 4.98 Å². The Hall–Kier alpha value is -3.21. The maximum atomic E-state index is 12.7. The fraction of sp³-hybridized carbons (Fsp3) is 0.105. The van der Waals surface area contributed by atoms with Crippen molar-refractivity contribution < 1.29 is 4.79 Å². The number of fused-ring (bicyclic) bond motifs is 2. The second kappa shape index (κ2) is 5.45. The summed E-state index contributed by atoms with van der Waals surface area (Å²) in [5.41, 5.74) is 8.19. The van der Waals surface area contributed by atoms with Crippen molar-refractivity contribution in [2.45, 2.75) is 13.0 Å². The molecule has 1 amide bonds. The van der Waals surface area contributed by atoms with E-state index < -0.39 is 5.91 Å². The first-order valence-corrected chi connectivity index (χ1v) is 7.74. The van der Waals surface area contributed by atoms with Gasteiger partial charge in [-0.1, -0.05) is 30.3 Å². The third-order valence-corrected chi connectivity index (χ3v) is 4.27. The minimum absolute atomic E-state index is 0.130. The highest BCUT2D eigenvalue weighted by atomic mass is 16.1. The van der Waals surface area contributed by atoms with Crippen molar-refractivity contribution in [3.05, 3.63) is 75.8 Å². The van der Waals surface area contributed by atoms with Crippen LogP contribution in [-0.4, -0.2) is 15.5 Å². The van der Waals surface area contributed by atoms with Crippen LogP contribution in [0.25, 0.3) is 22.6 Å². The first-order chi connectivity index (χ1) is 11.6. The molecule has 4 rings (SSSR count). The molecule has 0 saturated heterocycles. The van der Waals surface area contributed by atoms with Crippen molar-refractivity contribution >= 4 is 28.5 Å². The average Bonchev–Trinajstić information content (AvgIpc) is 2.99. The van der Waals surface area contributed by atoms with Crippen molar-refractivity contribution in [1.29, 1.82) is 0 Å². The zero-order chi connectivity index (χ0) is 16.7. The smallest absolute Gasteiger partial charge is 0.261 e. The molecule has 0 spiro atoms. The van der Waals surface area contributed by atoms with Crippen molar-refractivity contribution in [1.82, 2.24) is 9.55 Å². The van der Waals surface area contributed by atoms with Crippen LogP contribution in [0.2, 0.25) is 0 Å². The van der Waals surface area contributed by atoms with Crippen LogP contribution in [0.15, 0.2) is 53.3 Å². The normalized spacial score (nSPS) is 14.9. The minimum Gasteiger partial charge on any atom is -0.366 e. The van der Waals surface area contributed by atoms with Gasteiger partial charge < -0.3 is 5.73 Å². The van der Waals surface area contributed by atoms with E-state index in [1.54, 1.807) is 16.7 Å². The molecule has 0 aliphatic carbocycles. The van der Waals surface area contributed by atoms with Crippen LogP contribution in [0, 0.1) is 0 Å². The summed E-state index contributed by atoms with van der Waals surface area (Å²) in [5, 5.41) is 0.427. The topological polar surface area (TPSA) is 78.0 Å². The van der Waals surface area contributed by atoms with E-state index in [-0.39, 0.29) is 5.56 Å². The number of hydrogen-bond donors (Lipinski definition) is 1. The molecular formula is C19H15N3O2. The number of nitrogens with zero attached hydrogens (tertiary/aromatic N) is 2. The Morgan fingerprint density at radius 3 is 2.71 bits per heavy atom. The molecule has 0 saturated carbocycles. The summed E-state index contributed by atoms with van der Waals surface area (Å²) < 4.78 is 1.67. The highest BCUT2D eigenvalue weighted by Crippen LogP contribution is 2.27. The standard InChI is InChI=1S/C19H15N3O2/c20-17(23)13-6-7-16-15(11-13)19(24)22-9-8-14(18(22)21-16)10-12-4-2-1-3-5-12/h1-7,10-11H,8-9H2,(H2,20,23)/b14-10+. The molecule has 0 bridgehead atoms. The van der Waals surface area contributed by atoms with Gasteiger partial charge in [-0.05, 0) is 41.8 Å². The number of rotatable bonds is 2. The van der Waals surface area contributed by atoms with Crippen molar-refractivity contribution in [2.24, 2.45) is 5.73 Å². The number of carbonyl (C=O) groups excluding carboxylic acids is 1. The zero-order valence-corrected chi connectivity index (χ0v) is 12.9. The van der Waals surface area contributed by atoms with Crippen LogP contribution in [0.1, 0.15) is 28.2 Å². The molecule has 2 N–H and O–H groups in total. The van der Waals surface area contributed by atoms with E-state index in [0.717, 1.165) is 17.6 Å². The molecule has 3 aromatic rings.